The van der Waals surface area contributed by atoms with Gasteiger partial charge in [0.05, 0.1) is 0 Å². The van der Waals surface area contributed by atoms with Crippen molar-refractivity contribution in [2.75, 3.05) is 0 Å². The van der Waals surface area contributed by atoms with Gasteiger partial charge in [0, 0.05) is 5.92 Å². The van der Waals surface area contributed by atoms with Crippen LogP contribution in [0.5, 0.6) is 0 Å². The van der Waals surface area contributed by atoms with Crippen LogP contribution in [-0.2, 0) is 17.6 Å². The number of carbonyl (C=O) groups is 1. The summed E-state index contributed by atoms with van der Waals surface area (Å²) in [6.45, 7) is 3.72. The molecular weight excluding hydrogens is 212 g/mol. The van der Waals surface area contributed by atoms with Crippen LogP contribution in [0.3, 0.4) is 0 Å². The van der Waals surface area contributed by atoms with E-state index in [1.54, 1.807) is 0 Å². The molecule has 0 bridgehead atoms. The largest absolute Gasteiger partial charge is 0.312 e. The Labute approximate surface area is 101 Å². The molecule has 0 aromatic heterocycles. The van der Waals surface area contributed by atoms with E-state index in [1.165, 1.54) is 11.1 Å². The highest BCUT2D eigenvalue weighted by Gasteiger charge is 2.38. The average Bonchev–Trinajstić information content (AvgIpc) is 2.80. The normalized spacial score (nSPS) is 22.2. The van der Waals surface area contributed by atoms with Gasteiger partial charge in [-0.05, 0) is 37.8 Å². The first kappa shape index (κ1) is 10.5. The number of amides is 1. The van der Waals surface area contributed by atoms with E-state index in [9.17, 15) is 4.79 Å². The maximum atomic E-state index is 11.7. The van der Waals surface area contributed by atoms with E-state index >= 15 is 0 Å². The summed E-state index contributed by atoms with van der Waals surface area (Å²) in [6, 6.07) is 8.47. The molecule has 17 heavy (non-hydrogen) atoms. The number of aliphatic imine (C=N–C) groups is 1. The van der Waals surface area contributed by atoms with Gasteiger partial charge in [-0.25, -0.2) is 0 Å². The number of amidine groups is 1. The van der Waals surface area contributed by atoms with Gasteiger partial charge in [0.25, 0.3) is 5.91 Å². The Kier molecular flexibility index (Phi) is 2.12. The SMILES string of the molecule is CC1(C)N=C(C2Cc3ccccc3C2)NC1=O. The van der Waals surface area contributed by atoms with Crippen molar-refractivity contribution in [1.82, 2.24) is 5.32 Å². The number of rotatable bonds is 1. The Hall–Kier alpha value is -1.64. The summed E-state index contributed by atoms with van der Waals surface area (Å²) in [4.78, 5) is 16.2. The summed E-state index contributed by atoms with van der Waals surface area (Å²) >= 11 is 0. The number of nitrogens with one attached hydrogen (secondary N) is 1. The fourth-order valence-electron chi connectivity index (χ4n) is 2.59. The molecule has 0 atom stereocenters. The van der Waals surface area contributed by atoms with Crippen molar-refractivity contribution in [2.24, 2.45) is 10.9 Å². The van der Waals surface area contributed by atoms with Crippen LogP contribution in [-0.4, -0.2) is 17.3 Å². The summed E-state index contributed by atoms with van der Waals surface area (Å²) < 4.78 is 0. The molecule has 0 unspecified atom stereocenters. The van der Waals surface area contributed by atoms with Crippen molar-refractivity contribution < 1.29 is 4.79 Å². The molecule has 1 amide bonds. The van der Waals surface area contributed by atoms with Crippen LogP contribution < -0.4 is 5.32 Å². The lowest BCUT2D eigenvalue weighted by Gasteiger charge is -2.07. The van der Waals surface area contributed by atoms with E-state index in [0.29, 0.717) is 5.92 Å². The van der Waals surface area contributed by atoms with Crippen LogP contribution in [0.1, 0.15) is 25.0 Å². The number of carbonyl (C=O) groups excluding carboxylic acids is 1. The highest BCUT2D eigenvalue weighted by molar-refractivity contribution is 6.08. The van der Waals surface area contributed by atoms with E-state index in [-0.39, 0.29) is 5.91 Å². The summed E-state index contributed by atoms with van der Waals surface area (Å²) in [7, 11) is 0. The highest BCUT2D eigenvalue weighted by Crippen LogP contribution is 2.29. The van der Waals surface area contributed by atoms with Crippen LogP contribution in [0.25, 0.3) is 0 Å². The fraction of sp³-hybridized carbons (Fsp3) is 0.429. The lowest BCUT2D eigenvalue weighted by Crippen LogP contribution is -2.36. The smallest absolute Gasteiger partial charge is 0.252 e. The van der Waals surface area contributed by atoms with Crippen LogP contribution >= 0.6 is 0 Å². The Morgan fingerprint density at radius 1 is 1.24 bits per heavy atom. The van der Waals surface area contributed by atoms with Gasteiger partial charge in [-0.3, -0.25) is 9.79 Å². The van der Waals surface area contributed by atoms with Gasteiger partial charge in [-0.15, -0.1) is 0 Å². The minimum atomic E-state index is -0.593. The maximum Gasteiger partial charge on any atom is 0.252 e. The Bertz CT molecular complexity index is 492. The molecule has 1 aromatic carbocycles. The lowest BCUT2D eigenvalue weighted by molar-refractivity contribution is -0.122. The van der Waals surface area contributed by atoms with Crippen molar-refractivity contribution in [3.05, 3.63) is 35.4 Å². The molecule has 0 saturated heterocycles. The van der Waals surface area contributed by atoms with Gasteiger partial charge in [0.1, 0.15) is 11.4 Å². The zero-order valence-electron chi connectivity index (χ0n) is 10.2. The van der Waals surface area contributed by atoms with E-state index in [2.05, 4.69) is 34.6 Å². The third kappa shape index (κ3) is 1.66. The zero-order chi connectivity index (χ0) is 12.0. The van der Waals surface area contributed by atoms with Crippen LogP contribution in [0, 0.1) is 5.92 Å². The monoisotopic (exact) mass is 228 g/mol. The molecule has 0 radical (unpaired) electrons. The number of nitrogens with zero attached hydrogens (tertiary/aromatic N) is 1. The minimum Gasteiger partial charge on any atom is -0.312 e. The van der Waals surface area contributed by atoms with E-state index in [0.717, 1.165) is 18.7 Å². The third-order valence-corrected chi connectivity index (χ3v) is 3.63. The Balaban J connectivity index is 1.85. The average molecular weight is 228 g/mol. The van der Waals surface area contributed by atoms with Crippen molar-refractivity contribution in [1.29, 1.82) is 0 Å². The molecule has 1 heterocycles. The first-order valence-electron chi connectivity index (χ1n) is 6.04. The second-order valence-electron chi connectivity index (χ2n) is 5.38. The van der Waals surface area contributed by atoms with Crippen molar-refractivity contribution in [2.45, 2.75) is 32.2 Å². The number of fused-ring (bicyclic) bond motifs is 1. The van der Waals surface area contributed by atoms with E-state index in [4.69, 9.17) is 0 Å². The van der Waals surface area contributed by atoms with Gasteiger partial charge >= 0.3 is 0 Å². The third-order valence-electron chi connectivity index (χ3n) is 3.63. The summed E-state index contributed by atoms with van der Waals surface area (Å²) in [5.41, 5.74) is 2.18. The van der Waals surface area contributed by atoms with Crippen molar-refractivity contribution >= 4 is 11.7 Å². The number of hydrogen-bond donors (Lipinski definition) is 1. The first-order valence-corrected chi connectivity index (χ1v) is 6.04. The molecule has 3 nitrogen and oxygen atoms in total. The molecule has 0 spiro atoms. The van der Waals surface area contributed by atoms with Crippen LogP contribution in [0.15, 0.2) is 29.3 Å². The minimum absolute atomic E-state index is 0.0171. The molecule has 1 N–H and O–H groups in total. The predicted octanol–water partition coefficient (Wildman–Crippen LogP) is 1.71. The molecule has 3 rings (SSSR count). The Morgan fingerprint density at radius 2 is 1.82 bits per heavy atom. The second kappa shape index (κ2) is 3.42. The zero-order valence-corrected chi connectivity index (χ0v) is 10.2. The van der Waals surface area contributed by atoms with Gasteiger partial charge in [0.2, 0.25) is 0 Å². The van der Waals surface area contributed by atoms with Gasteiger partial charge < -0.3 is 5.32 Å². The molecule has 2 aliphatic rings. The van der Waals surface area contributed by atoms with Gasteiger partial charge in [-0.1, -0.05) is 24.3 Å². The topological polar surface area (TPSA) is 41.5 Å². The molecule has 3 heteroatoms. The van der Waals surface area contributed by atoms with Gasteiger partial charge in [-0.2, -0.15) is 0 Å². The maximum absolute atomic E-state index is 11.7. The quantitative estimate of drug-likeness (QED) is 0.781. The summed E-state index contributed by atoms with van der Waals surface area (Å²) in [5.74, 6) is 1.23. The molecular formula is C14H16N2O. The standard InChI is InChI=1S/C14H16N2O/c1-14(2)13(17)15-12(16-14)11-7-9-5-3-4-6-10(9)8-11/h3-6,11H,7-8H2,1-2H3,(H,15,16,17). The van der Waals surface area contributed by atoms with Crippen LogP contribution in [0.2, 0.25) is 0 Å². The molecule has 1 aliphatic heterocycles. The van der Waals surface area contributed by atoms with Gasteiger partial charge in [0.15, 0.2) is 0 Å². The molecule has 1 aromatic rings. The van der Waals surface area contributed by atoms with Crippen molar-refractivity contribution in [3.63, 3.8) is 0 Å². The predicted molar refractivity (Wildman–Crippen MR) is 67.0 cm³/mol. The highest BCUT2D eigenvalue weighted by atomic mass is 16.2. The van der Waals surface area contributed by atoms with E-state index in [1.807, 2.05) is 13.8 Å². The van der Waals surface area contributed by atoms with Crippen LogP contribution in [0.4, 0.5) is 0 Å². The van der Waals surface area contributed by atoms with E-state index < -0.39 is 5.54 Å². The fourth-order valence-corrected chi connectivity index (χ4v) is 2.59. The summed E-state index contributed by atoms with van der Waals surface area (Å²) in [5, 5.41) is 2.93. The summed E-state index contributed by atoms with van der Waals surface area (Å²) in [6.07, 6.45) is 1.98. The number of hydrogen-bond acceptors (Lipinski definition) is 2. The van der Waals surface area contributed by atoms with Crippen molar-refractivity contribution in [3.8, 4) is 0 Å². The second-order valence-corrected chi connectivity index (χ2v) is 5.38. The molecule has 88 valence electrons. The molecule has 1 aliphatic carbocycles. The molecule has 0 saturated carbocycles. The Morgan fingerprint density at radius 3 is 2.29 bits per heavy atom. The number of benzene rings is 1. The first-order chi connectivity index (χ1) is 8.06. The lowest BCUT2D eigenvalue weighted by atomic mass is 10.1. The molecule has 0 fully saturated rings.